The molecule has 4 rings (SSSR count). The summed E-state index contributed by atoms with van der Waals surface area (Å²) in [6.07, 6.45) is 3.01. The van der Waals surface area contributed by atoms with Crippen LogP contribution < -0.4 is 10.1 Å². The van der Waals surface area contributed by atoms with Gasteiger partial charge in [-0.15, -0.1) is 0 Å². The summed E-state index contributed by atoms with van der Waals surface area (Å²) in [5, 5.41) is 3.26. The molecule has 1 atom stereocenters. The number of nitrogens with one attached hydrogen (secondary N) is 2. The average Bonchev–Trinajstić information content (AvgIpc) is 3.20. The van der Waals surface area contributed by atoms with E-state index in [1.807, 2.05) is 61.5 Å². The summed E-state index contributed by atoms with van der Waals surface area (Å²) in [5.41, 5.74) is 2.01. The molecule has 0 aliphatic carbocycles. The van der Waals surface area contributed by atoms with Crippen LogP contribution in [-0.4, -0.2) is 31.1 Å². The van der Waals surface area contributed by atoms with Gasteiger partial charge in [-0.2, -0.15) is 0 Å². The minimum absolute atomic E-state index is 0.118. The number of thioether (sulfide) groups is 1. The Kier molecular flexibility index (Phi) is 5.20. The lowest BCUT2D eigenvalue weighted by Crippen LogP contribution is -2.22. The molecule has 140 valence electrons. The van der Waals surface area contributed by atoms with Gasteiger partial charge in [0.25, 0.3) is 0 Å². The number of benzene rings is 2. The van der Waals surface area contributed by atoms with Crippen LogP contribution in [0.15, 0.2) is 72.3 Å². The summed E-state index contributed by atoms with van der Waals surface area (Å²) >= 11 is 1.35. The topological polar surface area (TPSA) is 92.8 Å². The van der Waals surface area contributed by atoms with Crippen LogP contribution in [0.3, 0.4) is 0 Å². The third-order valence-corrected chi connectivity index (χ3v) is 5.05. The summed E-state index contributed by atoms with van der Waals surface area (Å²) < 4.78 is 5.76. The molecule has 0 aliphatic rings. The fraction of sp³-hybridized carbons (Fsp3) is 0.100. The fourth-order valence-corrected chi connectivity index (χ4v) is 3.40. The maximum absolute atomic E-state index is 12.5. The minimum atomic E-state index is -0.346. The maximum atomic E-state index is 12.5. The number of carbonyl (C=O) groups excluding carboxylic acids is 1. The molecule has 7 nitrogen and oxygen atoms in total. The first-order valence-corrected chi connectivity index (χ1v) is 9.51. The van der Waals surface area contributed by atoms with Crippen molar-refractivity contribution in [2.45, 2.75) is 17.2 Å². The summed E-state index contributed by atoms with van der Waals surface area (Å²) in [4.78, 5) is 28.0. The van der Waals surface area contributed by atoms with Gasteiger partial charge in [0.1, 0.15) is 28.4 Å². The fourth-order valence-electron chi connectivity index (χ4n) is 2.53. The maximum Gasteiger partial charge on any atom is 0.237 e. The van der Waals surface area contributed by atoms with Crippen molar-refractivity contribution in [1.82, 2.24) is 19.9 Å². The average molecular weight is 391 g/mol. The zero-order valence-electron chi connectivity index (χ0n) is 15.0. The molecule has 2 aromatic carbocycles. The molecule has 0 unspecified atom stereocenters. The van der Waals surface area contributed by atoms with Crippen molar-refractivity contribution < 1.29 is 9.53 Å². The number of para-hydroxylation sites is 1. The zero-order valence-corrected chi connectivity index (χ0v) is 15.8. The first kappa shape index (κ1) is 18.0. The van der Waals surface area contributed by atoms with Crippen LogP contribution in [0.1, 0.15) is 6.92 Å². The molecule has 0 radical (unpaired) electrons. The van der Waals surface area contributed by atoms with Crippen molar-refractivity contribution in [2.75, 3.05) is 5.32 Å². The van der Waals surface area contributed by atoms with Gasteiger partial charge in [0, 0.05) is 5.69 Å². The molecule has 8 heteroatoms. The normalized spacial score (nSPS) is 11.9. The Bertz CT molecular complexity index is 1080. The number of H-pyrrole nitrogens is 1. The van der Waals surface area contributed by atoms with E-state index in [0.717, 1.165) is 11.3 Å². The molecule has 0 spiro atoms. The van der Waals surface area contributed by atoms with E-state index in [-0.39, 0.29) is 11.2 Å². The van der Waals surface area contributed by atoms with Gasteiger partial charge in [-0.1, -0.05) is 30.0 Å². The van der Waals surface area contributed by atoms with Gasteiger partial charge in [0.05, 0.1) is 11.6 Å². The molecule has 2 heterocycles. The number of aromatic amines is 1. The Hall–Kier alpha value is -3.39. The SMILES string of the molecule is C[C@H](Sc1ncnc2nc[nH]c12)C(=O)Nc1ccc(Oc2ccccc2)cc1. The lowest BCUT2D eigenvalue weighted by Gasteiger charge is -2.12. The van der Waals surface area contributed by atoms with E-state index in [1.165, 1.54) is 18.1 Å². The van der Waals surface area contributed by atoms with Crippen LogP contribution in [0.25, 0.3) is 11.2 Å². The number of aromatic nitrogens is 4. The third kappa shape index (κ3) is 4.12. The Labute approximate surface area is 165 Å². The van der Waals surface area contributed by atoms with Crippen LogP contribution in [-0.2, 0) is 4.79 Å². The number of carbonyl (C=O) groups is 1. The first-order chi connectivity index (χ1) is 13.7. The number of amides is 1. The van der Waals surface area contributed by atoms with E-state index in [0.29, 0.717) is 22.1 Å². The van der Waals surface area contributed by atoms with Crippen molar-refractivity contribution >= 4 is 34.5 Å². The molecule has 1 amide bonds. The number of imidazole rings is 1. The predicted octanol–water partition coefficient (Wildman–Crippen LogP) is 4.26. The quantitative estimate of drug-likeness (QED) is 0.377. The number of anilines is 1. The Morgan fingerprint density at radius 3 is 2.57 bits per heavy atom. The first-order valence-electron chi connectivity index (χ1n) is 8.63. The van der Waals surface area contributed by atoms with Crippen LogP contribution in [0.4, 0.5) is 5.69 Å². The summed E-state index contributed by atoms with van der Waals surface area (Å²) in [6.45, 7) is 1.83. The number of hydrogen-bond donors (Lipinski definition) is 2. The zero-order chi connectivity index (χ0) is 19.3. The van der Waals surface area contributed by atoms with Crippen molar-refractivity contribution in [3.8, 4) is 11.5 Å². The molecule has 0 bridgehead atoms. The largest absolute Gasteiger partial charge is 0.457 e. The second kappa shape index (κ2) is 8.10. The third-order valence-electron chi connectivity index (χ3n) is 3.95. The standard InChI is InChI=1S/C20H17N5O2S/c1-13(28-20-17-18(22-11-21-17)23-12-24-20)19(26)25-14-7-9-16(10-8-14)27-15-5-3-2-4-6-15/h2-13H,1H3,(H,25,26)(H,21,22,23,24)/t13-/m0/s1. The number of rotatable bonds is 6. The van der Waals surface area contributed by atoms with Gasteiger partial charge in [0.2, 0.25) is 5.91 Å². The molecule has 0 fully saturated rings. The molecular formula is C20H17N5O2S. The van der Waals surface area contributed by atoms with E-state index in [9.17, 15) is 4.79 Å². The number of nitrogens with zero attached hydrogens (tertiary/aromatic N) is 3. The highest BCUT2D eigenvalue weighted by Crippen LogP contribution is 2.27. The molecule has 0 aliphatic heterocycles. The number of hydrogen-bond acceptors (Lipinski definition) is 6. The molecule has 0 saturated heterocycles. The Morgan fingerprint density at radius 2 is 1.79 bits per heavy atom. The van der Waals surface area contributed by atoms with E-state index >= 15 is 0 Å². The number of ether oxygens (including phenoxy) is 1. The highest BCUT2D eigenvalue weighted by molar-refractivity contribution is 8.00. The number of fused-ring (bicyclic) bond motifs is 1. The van der Waals surface area contributed by atoms with E-state index in [1.54, 1.807) is 6.33 Å². The molecule has 2 N–H and O–H groups in total. The van der Waals surface area contributed by atoms with Crippen LogP contribution in [0, 0.1) is 0 Å². The smallest absolute Gasteiger partial charge is 0.237 e. The van der Waals surface area contributed by atoms with Gasteiger partial charge < -0.3 is 15.0 Å². The van der Waals surface area contributed by atoms with Crippen LogP contribution >= 0.6 is 11.8 Å². The van der Waals surface area contributed by atoms with Crippen molar-refractivity contribution in [2.24, 2.45) is 0 Å². The molecule has 0 saturated carbocycles. The Morgan fingerprint density at radius 1 is 1.04 bits per heavy atom. The van der Waals surface area contributed by atoms with Crippen molar-refractivity contribution in [3.63, 3.8) is 0 Å². The monoisotopic (exact) mass is 391 g/mol. The summed E-state index contributed by atoms with van der Waals surface area (Å²) in [6, 6.07) is 16.8. The van der Waals surface area contributed by atoms with E-state index < -0.39 is 0 Å². The van der Waals surface area contributed by atoms with Gasteiger partial charge in [-0.25, -0.2) is 15.0 Å². The Balaban J connectivity index is 1.38. The second-order valence-electron chi connectivity index (χ2n) is 5.97. The van der Waals surface area contributed by atoms with Gasteiger partial charge >= 0.3 is 0 Å². The molecular weight excluding hydrogens is 374 g/mol. The van der Waals surface area contributed by atoms with Crippen molar-refractivity contribution in [1.29, 1.82) is 0 Å². The summed E-state index contributed by atoms with van der Waals surface area (Å²) in [7, 11) is 0. The second-order valence-corrected chi connectivity index (χ2v) is 7.30. The van der Waals surface area contributed by atoms with E-state index in [2.05, 4.69) is 25.3 Å². The predicted molar refractivity (Wildman–Crippen MR) is 109 cm³/mol. The lowest BCUT2D eigenvalue weighted by molar-refractivity contribution is -0.115. The minimum Gasteiger partial charge on any atom is -0.457 e. The lowest BCUT2D eigenvalue weighted by atomic mass is 10.3. The highest BCUT2D eigenvalue weighted by Gasteiger charge is 2.18. The van der Waals surface area contributed by atoms with Gasteiger partial charge in [-0.05, 0) is 43.3 Å². The highest BCUT2D eigenvalue weighted by atomic mass is 32.2. The van der Waals surface area contributed by atoms with Crippen LogP contribution in [0.2, 0.25) is 0 Å². The summed E-state index contributed by atoms with van der Waals surface area (Å²) in [5.74, 6) is 1.35. The molecule has 4 aromatic rings. The molecule has 28 heavy (non-hydrogen) atoms. The van der Waals surface area contributed by atoms with Crippen molar-refractivity contribution in [3.05, 3.63) is 67.3 Å². The van der Waals surface area contributed by atoms with E-state index in [4.69, 9.17) is 4.74 Å². The van der Waals surface area contributed by atoms with Crippen LogP contribution in [0.5, 0.6) is 11.5 Å². The van der Waals surface area contributed by atoms with Gasteiger partial charge in [-0.3, -0.25) is 4.79 Å². The molecule has 2 aromatic heterocycles. The van der Waals surface area contributed by atoms with Gasteiger partial charge in [0.15, 0.2) is 5.65 Å².